The standard InChI is InChI=1S/C19H19BrClNO4S/c1-13-3-2-10-22(12-13)27(24,25)18-11-14(4-9-17(18)21)19(23)26-16-7-5-15(20)6-8-16/h4-9,11,13H,2-3,10,12H2,1H3/t13-/m0/s1. The number of nitrogens with zero attached hydrogens (tertiary/aromatic N) is 1. The van der Waals surface area contributed by atoms with E-state index >= 15 is 0 Å². The van der Waals surface area contributed by atoms with Gasteiger partial charge in [0.05, 0.1) is 10.6 Å². The first kappa shape index (κ1) is 20.3. The van der Waals surface area contributed by atoms with Gasteiger partial charge in [-0.15, -0.1) is 0 Å². The summed E-state index contributed by atoms with van der Waals surface area (Å²) in [6.45, 7) is 2.93. The Hall–Kier alpha value is -1.41. The number of benzene rings is 2. The zero-order valence-electron chi connectivity index (χ0n) is 14.7. The molecule has 144 valence electrons. The molecule has 1 atom stereocenters. The van der Waals surface area contributed by atoms with E-state index in [2.05, 4.69) is 15.9 Å². The van der Waals surface area contributed by atoms with Crippen LogP contribution in [-0.2, 0) is 10.0 Å². The minimum atomic E-state index is -3.77. The number of carbonyl (C=O) groups is 1. The van der Waals surface area contributed by atoms with Gasteiger partial charge in [-0.2, -0.15) is 4.31 Å². The third-order valence-corrected chi connectivity index (χ3v) is 7.30. The molecule has 1 aliphatic rings. The van der Waals surface area contributed by atoms with E-state index in [4.69, 9.17) is 16.3 Å². The Bertz CT molecular complexity index is 947. The highest BCUT2D eigenvalue weighted by atomic mass is 79.9. The quantitative estimate of drug-likeness (QED) is 0.476. The first-order chi connectivity index (χ1) is 12.8. The molecule has 1 aliphatic heterocycles. The van der Waals surface area contributed by atoms with Crippen LogP contribution in [0.3, 0.4) is 0 Å². The van der Waals surface area contributed by atoms with E-state index in [0.717, 1.165) is 17.3 Å². The molecule has 0 saturated carbocycles. The highest BCUT2D eigenvalue weighted by molar-refractivity contribution is 9.10. The number of carbonyl (C=O) groups excluding carboxylic acids is 1. The van der Waals surface area contributed by atoms with Gasteiger partial charge in [0.2, 0.25) is 10.0 Å². The van der Waals surface area contributed by atoms with Gasteiger partial charge in [-0.3, -0.25) is 0 Å². The third kappa shape index (κ3) is 4.71. The van der Waals surface area contributed by atoms with Crippen LogP contribution in [0, 0.1) is 5.92 Å². The molecule has 5 nitrogen and oxygen atoms in total. The molecule has 2 aromatic rings. The van der Waals surface area contributed by atoms with Gasteiger partial charge >= 0.3 is 5.97 Å². The van der Waals surface area contributed by atoms with E-state index < -0.39 is 16.0 Å². The Morgan fingerprint density at radius 1 is 1.22 bits per heavy atom. The molecule has 0 N–H and O–H groups in total. The predicted octanol–water partition coefficient (Wildman–Crippen LogP) is 4.74. The van der Waals surface area contributed by atoms with E-state index in [1.807, 2.05) is 6.92 Å². The molecule has 8 heteroatoms. The zero-order valence-corrected chi connectivity index (χ0v) is 17.9. The van der Waals surface area contributed by atoms with Crippen molar-refractivity contribution in [3.63, 3.8) is 0 Å². The van der Waals surface area contributed by atoms with E-state index in [0.29, 0.717) is 18.8 Å². The molecular formula is C19H19BrClNO4S. The molecule has 1 heterocycles. The number of halogens is 2. The van der Waals surface area contributed by atoms with Crippen LogP contribution in [0.4, 0.5) is 0 Å². The summed E-state index contributed by atoms with van der Waals surface area (Å²) in [6.07, 6.45) is 1.81. The minimum Gasteiger partial charge on any atom is -0.423 e. The van der Waals surface area contributed by atoms with Gasteiger partial charge in [-0.05, 0) is 61.2 Å². The monoisotopic (exact) mass is 471 g/mol. The topological polar surface area (TPSA) is 63.7 Å². The SMILES string of the molecule is C[C@H]1CCCN(S(=O)(=O)c2cc(C(=O)Oc3ccc(Br)cc3)ccc2Cl)C1. The Kier molecular flexibility index (Phi) is 6.25. The fourth-order valence-electron chi connectivity index (χ4n) is 3.00. The Morgan fingerprint density at radius 2 is 1.93 bits per heavy atom. The number of sulfonamides is 1. The van der Waals surface area contributed by atoms with Crippen molar-refractivity contribution in [3.8, 4) is 5.75 Å². The van der Waals surface area contributed by atoms with Crippen LogP contribution in [0.25, 0.3) is 0 Å². The van der Waals surface area contributed by atoms with E-state index in [-0.39, 0.29) is 21.4 Å². The number of esters is 1. The largest absolute Gasteiger partial charge is 0.423 e. The Morgan fingerprint density at radius 3 is 2.59 bits per heavy atom. The lowest BCUT2D eigenvalue weighted by Crippen LogP contribution is -2.39. The second kappa shape index (κ2) is 8.31. The molecule has 0 aromatic heterocycles. The second-order valence-corrected chi connectivity index (χ2v) is 9.83. The number of hydrogen-bond acceptors (Lipinski definition) is 4. The lowest BCUT2D eigenvalue weighted by Gasteiger charge is -2.30. The Balaban J connectivity index is 1.87. The molecule has 0 bridgehead atoms. The lowest BCUT2D eigenvalue weighted by atomic mass is 10.0. The summed E-state index contributed by atoms with van der Waals surface area (Å²) in [5.74, 6) is 0.0164. The summed E-state index contributed by atoms with van der Waals surface area (Å²) in [6, 6.07) is 10.9. The molecule has 0 aliphatic carbocycles. The fourth-order valence-corrected chi connectivity index (χ4v) is 5.36. The second-order valence-electron chi connectivity index (χ2n) is 6.60. The summed E-state index contributed by atoms with van der Waals surface area (Å²) < 4.78 is 33.6. The van der Waals surface area contributed by atoms with Crippen LogP contribution in [0.1, 0.15) is 30.1 Å². The molecule has 1 fully saturated rings. The van der Waals surface area contributed by atoms with Crippen molar-refractivity contribution >= 4 is 43.5 Å². The summed E-state index contributed by atoms with van der Waals surface area (Å²) in [5, 5.41) is 0.0911. The van der Waals surface area contributed by atoms with Crippen molar-refractivity contribution < 1.29 is 17.9 Å². The van der Waals surface area contributed by atoms with Gasteiger partial charge in [0.15, 0.2) is 0 Å². The molecular weight excluding hydrogens is 454 g/mol. The molecule has 3 rings (SSSR count). The van der Waals surface area contributed by atoms with Gasteiger partial charge in [0.1, 0.15) is 10.6 Å². The van der Waals surface area contributed by atoms with Crippen molar-refractivity contribution in [1.82, 2.24) is 4.31 Å². The average molecular weight is 473 g/mol. The summed E-state index contributed by atoms with van der Waals surface area (Å²) in [5.41, 5.74) is 0.131. The highest BCUT2D eigenvalue weighted by Gasteiger charge is 2.31. The zero-order chi connectivity index (χ0) is 19.6. The van der Waals surface area contributed by atoms with Crippen molar-refractivity contribution in [2.45, 2.75) is 24.7 Å². The van der Waals surface area contributed by atoms with Gasteiger partial charge < -0.3 is 4.74 Å². The molecule has 2 aromatic carbocycles. The fraction of sp³-hybridized carbons (Fsp3) is 0.316. The minimum absolute atomic E-state index is 0.0662. The smallest absolute Gasteiger partial charge is 0.343 e. The maximum atomic E-state index is 13.0. The van der Waals surface area contributed by atoms with Crippen molar-refractivity contribution in [2.24, 2.45) is 5.92 Å². The summed E-state index contributed by atoms with van der Waals surface area (Å²) >= 11 is 9.47. The molecule has 0 radical (unpaired) electrons. The van der Waals surface area contributed by atoms with Crippen LogP contribution in [-0.4, -0.2) is 31.8 Å². The van der Waals surface area contributed by atoms with Crippen LogP contribution < -0.4 is 4.74 Å². The van der Waals surface area contributed by atoms with Crippen molar-refractivity contribution in [3.05, 3.63) is 57.5 Å². The first-order valence-corrected chi connectivity index (χ1v) is 11.2. The van der Waals surface area contributed by atoms with Gasteiger partial charge in [-0.25, -0.2) is 13.2 Å². The van der Waals surface area contributed by atoms with Crippen LogP contribution in [0.15, 0.2) is 51.8 Å². The third-order valence-electron chi connectivity index (χ3n) is 4.43. The van der Waals surface area contributed by atoms with Gasteiger partial charge in [-0.1, -0.05) is 34.5 Å². The lowest BCUT2D eigenvalue weighted by molar-refractivity contribution is 0.0734. The van der Waals surface area contributed by atoms with Crippen LogP contribution in [0.5, 0.6) is 5.75 Å². The van der Waals surface area contributed by atoms with Gasteiger partial charge in [0.25, 0.3) is 0 Å². The van der Waals surface area contributed by atoms with Gasteiger partial charge in [0, 0.05) is 17.6 Å². The average Bonchev–Trinajstić information content (AvgIpc) is 2.63. The highest BCUT2D eigenvalue weighted by Crippen LogP contribution is 2.29. The van der Waals surface area contributed by atoms with Crippen molar-refractivity contribution in [2.75, 3.05) is 13.1 Å². The predicted molar refractivity (Wildman–Crippen MR) is 108 cm³/mol. The van der Waals surface area contributed by atoms with E-state index in [1.165, 1.54) is 22.5 Å². The number of ether oxygens (including phenoxy) is 1. The molecule has 0 spiro atoms. The number of hydrogen-bond donors (Lipinski definition) is 0. The summed E-state index contributed by atoms with van der Waals surface area (Å²) in [7, 11) is -3.77. The molecule has 27 heavy (non-hydrogen) atoms. The normalized spacial score (nSPS) is 18.3. The Labute approximate surface area is 172 Å². The maximum absolute atomic E-state index is 13.0. The molecule has 0 amide bonds. The maximum Gasteiger partial charge on any atom is 0.343 e. The van der Waals surface area contributed by atoms with E-state index in [9.17, 15) is 13.2 Å². The van der Waals surface area contributed by atoms with Crippen molar-refractivity contribution in [1.29, 1.82) is 0 Å². The van der Waals surface area contributed by atoms with Crippen LogP contribution in [0.2, 0.25) is 5.02 Å². The van der Waals surface area contributed by atoms with Crippen LogP contribution >= 0.6 is 27.5 Å². The summed E-state index contributed by atoms with van der Waals surface area (Å²) in [4.78, 5) is 12.4. The number of rotatable bonds is 4. The van der Waals surface area contributed by atoms with E-state index in [1.54, 1.807) is 24.3 Å². The molecule has 0 unspecified atom stereocenters. The molecule has 1 saturated heterocycles. The first-order valence-electron chi connectivity index (χ1n) is 8.55. The number of piperidine rings is 1.